The first-order valence-corrected chi connectivity index (χ1v) is 8.58. The molecule has 2 aromatic rings. The van der Waals surface area contributed by atoms with Crippen LogP contribution in [0.15, 0.2) is 42.0 Å². The molecule has 1 heterocycles. The Balaban J connectivity index is 2.11. The van der Waals surface area contributed by atoms with Crippen molar-refractivity contribution in [3.63, 3.8) is 0 Å². The first-order valence-electron chi connectivity index (χ1n) is 7.83. The Morgan fingerprint density at radius 3 is 2.41 bits per heavy atom. The molecule has 0 saturated carbocycles. The number of carbonyl (C=O) groups is 3. The first kappa shape index (κ1) is 18.9. The number of halogens is 2. The summed E-state index contributed by atoms with van der Waals surface area (Å²) in [4.78, 5) is 38.4. The molecule has 4 amide bonds. The van der Waals surface area contributed by atoms with Crippen molar-refractivity contribution in [1.82, 2.24) is 5.32 Å². The largest absolute Gasteiger partial charge is 0.496 e. The van der Waals surface area contributed by atoms with Crippen LogP contribution in [0.1, 0.15) is 11.1 Å². The van der Waals surface area contributed by atoms with Gasteiger partial charge in [0.2, 0.25) is 0 Å². The summed E-state index contributed by atoms with van der Waals surface area (Å²) >= 11 is 12.0. The molecule has 1 saturated heterocycles. The predicted octanol–water partition coefficient (Wildman–Crippen LogP) is 3.98. The first-order chi connectivity index (χ1) is 12.8. The van der Waals surface area contributed by atoms with E-state index in [9.17, 15) is 14.4 Å². The lowest BCUT2D eigenvalue weighted by Crippen LogP contribution is -2.54. The van der Waals surface area contributed by atoms with Crippen molar-refractivity contribution >= 4 is 52.8 Å². The number of amides is 4. The van der Waals surface area contributed by atoms with Crippen LogP contribution in [0.5, 0.6) is 5.75 Å². The van der Waals surface area contributed by atoms with Gasteiger partial charge in [-0.25, -0.2) is 9.69 Å². The Morgan fingerprint density at radius 2 is 1.70 bits per heavy atom. The van der Waals surface area contributed by atoms with Crippen molar-refractivity contribution in [2.24, 2.45) is 0 Å². The van der Waals surface area contributed by atoms with Crippen molar-refractivity contribution in [2.45, 2.75) is 6.92 Å². The Kier molecular flexibility index (Phi) is 5.21. The average Bonchev–Trinajstić information content (AvgIpc) is 2.61. The molecule has 27 heavy (non-hydrogen) atoms. The second-order valence-corrected chi connectivity index (χ2v) is 6.65. The summed E-state index contributed by atoms with van der Waals surface area (Å²) in [5.74, 6) is -1.14. The van der Waals surface area contributed by atoms with Crippen molar-refractivity contribution in [3.8, 4) is 5.75 Å². The number of rotatable bonds is 3. The van der Waals surface area contributed by atoms with Crippen LogP contribution in [0, 0.1) is 6.92 Å². The lowest BCUT2D eigenvalue weighted by molar-refractivity contribution is -0.122. The molecule has 1 aliphatic rings. The number of anilines is 1. The third-order valence-corrected chi connectivity index (χ3v) is 4.48. The maximum Gasteiger partial charge on any atom is 0.335 e. The number of methoxy groups -OCH3 is 1. The van der Waals surface area contributed by atoms with Crippen LogP contribution >= 0.6 is 23.2 Å². The zero-order valence-corrected chi connectivity index (χ0v) is 15.9. The number of imide groups is 2. The summed E-state index contributed by atoms with van der Waals surface area (Å²) in [5, 5.41) is 2.93. The van der Waals surface area contributed by atoms with E-state index in [0.29, 0.717) is 32.6 Å². The SMILES string of the molecule is COc1ccc(Cl)cc1/C=C1\C(=O)NC(=O)N(c2cc(Cl)ccc2C)C1=O. The van der Waals surface area contributed by atoms with Crippen LogP contribution in [0.2, 0.25) is 10.0 Å². The minimum absolute atomic E-state index is 0.227. The number of ether oxygens (including phenoxy) is 1. The molecule has 0 radical (unpaired) electrons. The molecule has 1 aliphatic heterocycles. The molecule has 6 nitrogen and oxygen atoms in total. The van der Waals surface area contributed by atoms with Gasteiger partial charge in [0.15, 0.2) is 0 Å². The van der Waals surface area contributed by atoms with Crippen LogP contribution in [0.4, 0.5) is 10.5 Å². The summed E-state index contributed by atoms with van der Waals surface area (Å²) < 4.78 is 5.24. The molecule has 0 atom stereocenters. The summed E-state index contributed by atoms with van der Waals surface area (Å²) in [5.41, 5.74) is 1.15. The number of carbonyl (C=O) groups excluding carboxylic acids is 3. The number of benzene rings is 2. The second-order valence-electron chi connectivity index (χ2n) is 5.77. The summed E-state index contributed by atoms with van der Waals surface area (Å²) in [6.45, 7) is 1.73. The van der Waals surface area contributed by atoms with E-state index in [1.54, 1.807) is 37.3 Å². The van der Waals surface area contributed by atoms with E-state index in [0.717, 1.165) is 4.90 Å². The Bertz CT molecular complexity index is 1000. The average molecular weight is 405 g/mol. The van der Waals surface area contributed by atoms with Crippen molar-refractivity contribution in [1.29, 1.82) is 0 Å². The number of hydrogen-bond donors (Lipinski definition) is 1. The molecule has 2 aromatic carbocycles. The number of urea groups is 1. The number of nitrogens with zero attached hydrogens (tertiary/aromatic N) is 1. The lowest BCUT2D eigenvalue weighted by atomic mass is 10.0. The summed E-state index contributed by atoms with van der Waals surface area (Å²) in [7, 11) is 1.46. The van der Waals surface area contributed by atoms with E-state index in [2.05, 4.69) is 5.32 Å². The quantitative estimate of drug-likeness (QED) is 0.619. The molecule has 0 aliphatic carbocycles. The third kappa shape index (κ3) is 3.67. The van der Waals surface area contributed by atoms with E-state index >= 15 is 0 Å². The number of hydrogen-bond acceptors (Lipinski definition) is 4. The number of barbiturate groups is 1. The second kappa shape index (κ2) is 7.42. The predicted molar refractivity (Wildman–Crippen MR) is 103 cm³/mol. The van der Waals surface area contributed by atoms with Crippen LogP contribution in [-0.4, -0.2) is 25.0 Å². The van der Waals surface area contributed by atoms with E-state index in [1.807, 2.05) is 0 Å². The van der Waals surface area contributed by atoms with E-state index in [-0.39, 0.29) is 5.57 Å². The van der Waals surface area contributed by atoms with Gasteiger partial charge >= 0.3 is 6.03 Å². The number of aryl methyl sites for hydroxylation is 1. The fourth-order valence-corrected chi connectivity index (χ4v) is 3.02. The number of nitrogens with one attached hydrogen (secondary N) is 1. The molecule has 0 unspecified atom stereocenters. The molecule has 1 N–H and O–H groups in total. The maximum absolute atomic E-state index is 13.0. The highest BCUT2D eigenvalue weighted by Gasteiger charge is 2.37. The third-order valence-electron chi connectivity index (χ3n) is 4.01. The monoisotopic (exact) mass is 404 g/mol. The van der Waals surface area contributed by atoms with Gasteiger partial charge in [0.25, 0.3) is 11.8 Å². The van der Waals surface area contributed by atoms with Crippen LogP contribution < -0.4 is 15.0 Å². The molecule has 3 rings (SSSR count). The Labute approximate surface area is 165 Å². The van der Waals surface area contributed by atoms with E-state index < -0.39 is 17.8 Å². The smallest absolute Gasteiger partial charge is 0.335 e. The van der Waals surface area contributed by atoms with Crippen molar-refractivity contribution < 1.29 is 19.1 Å². The summed E-state index contributed by atoms with van der Waals surface area (Å²) in [6, 6.07) is 8.76. The lowest BCUT2D eigenvalue weighted by Gasteiger charge is -2.27. The highest BCUT2D eigenvalue weighted by molar-refractivity contribution is 6.40. The standard InChI is InChI=1S/C19H14Cl2N2O4/c1-10-3-4-13(21)9-15(10)23-18(25)14(17(24)22-19(23)26)8-11-7-12(20)5-6-16(11)27-2/h3-9H,1-2H3,(H,22,24,26)/b14-8+. The fourth-order valence-electron chi connectivity index (χ4n) is 2.67. The summed E-state index contributed by atoms with van der Waals surface area (Å²) in [6.07, 6.45) is 1.34. The normalized spacial score (nSPS) is 15.9. The maximum atomic E-state index is 13.0. The van der Waals surface area contributed by atoms with Crippen LogP contribution in [0.25, 0.3) is 6.08 Å². The molecule has 138 valence electrons. The Hall–Kier alpha value is -2.83. The van der Waals surface area contributed by atoms with Crippen LogP contribution in [0.3, 0.4) is 0 Å². The van der Waals surface area contributed by atoms with Crippen LogP contribution in [-0.2, 0) is 9.59 Å². The molecular formula is C19H14Cl2N2O4. The van der Waals surface area contributed by atoms with Crippen molar-refractivity contribution in [2.75, 3.05) is 12.0 Å². The van der Waals surface area contributed by atoms with E-state index in [4.69, 9.17) is 27.9 Å². The minimum atomic E-state index is -0.842. The zero-order chi connectivity index (χ0) is 19.7. The van der Waals surface area contributed by atoms with E-state index in [1.165, 1.54) is 19.3 Å². The van der Waals surface area contributed by atoms with Gasteiger partial charge in [-0.15, -0.1) is 0 Å². The molecule has 1 fully saturated rings. The van der Waals surface area contributed by atoms with Gasteiger partial charge in [0.1, 0.15) is 11.3 Å². The van der Waals surface area contributed by atoms with Gasteiger partial charge in [0, 0.05) is 15.6 Å². The van der Waals surface area contributed by atoms with Crippen molar-refractivity contribution in [3.05, 3.63) is 63.1 Å². The van der Waals surface area contributed by atoms with Gasteiger partial charge in [-0.3, -0.25) is 14.9 Å². The molecule has 0 bridgehead atoms. The molecule has 8 heteroatoms. The van der Waals surface area contributed by atoms with Gasteiger partial charge < -0.3 is 4.74 Å². The van der Waals surface area contributed by atoms with Gasteiger partial charge in [-0.1, -0.05) is 29.3 Å². The Morgan fingerprint density at radius 1 is 1.04 bits per heavy atom. The molecule has 0 spiro atoms. The van der Waals surface area contributed by atoms with Gasteiger partial charge in [-0.2, -0.15) is 0 Å². The fraction of sp³-hybridized carbons (Fsp3) is 0.105. The zero-order valence-electron chi connectivity index (χ0n) is 14.4. The topological polar surface area (TPSA) is 75.7 Å². The van der Waals surface area contributed by atoms with Gasteiger partial charge in [0.05, 0.1) is 12.8 Å². The molecular weight excluding hydrogens is 391 g/mol. The molecule has 0 aromatic heterocycles. The highest BCUT2D eigenvalue weighted by atomic mass is 35.5. The van der Waals surface area contributed by atoms with Gasteiger partial charge in [-0.05, 0) is 48.9 Å². The minimum Gasteiger partial charge on any atom is -0.496 e. The highest BCUT2D eigenvalue weighted by Crippen LogP contribution is 2.30.